The van der Waals surface area contributed by atoms with Crippen LogP contribution < -0.4 is 15.2 Å². The van der Waals surface area contributed by atoms with E-state index in [9.17, 15) is 0 Å². The summed E-state index contributed by atoms with van der Waals surface area (Å²) in [5.41, 5.74) is 8.71. The Balaban J connectivity index is 1.89. The molecule has 0 aliphatic heterocycles. The molecule has 1 atom stereocenters. The van der Waals surface area contributed by atoms with Crippen molar-refractivity contribution in [3.63, 3.8) is 0 Å². The summed E-state index contributed by atoms with van der Waals surface area (Å²) < 4.78 is 10.6. The first-order valence-electron chi connectivity index (χ1n) is 7.31. The molecular weight excluding hydrogens is 262 g/mol. The first-order valence-corrected chi connectivity index (χ1v) is 7.31. The Labute approximate surface area is 126 Å². The molecule has 21 heavy (non-hydrogen) atoms. The highest BCUT2D eigenvalue weighted by molar-refractivity contribution is 5.29. The lowest BCUT2D eigenvalue weighted by Gasteiger charge is -2.13. The predicted molar refractivity (Wildman–Crippen MR) is 86.0 cm³/mol. The van der Waals surface area contributed by atoms with E-state index in [0.717, 1.165) is 24.3 Å². The third-order valence-electron chi connectivity index (χ3n) is 3.39. The van der Waals surface area contributed by atoms with Crippen molar-refractivity contribution in [2.75, 3.05) is 13.7 Å². The van der Waals surface area contributed by atoms with Gasteiger partial charge in [0.2, 0.25) is 0 Å². The maximum absolute atomic E-state index is 6.24. The fraction of sp³-hybridized carbons (Fsp3) is 0.333. The normalized spacial score (nSPS) is 12.0. The van der Waals surface area contributed by atoms with Crippen LogP contribution in [0.2, 0.25) is 0 Å². The Morgan fingerprint density at radius 1 is 0.857 bits per heavy atom. The molecule has 0 saturated carbocycles. The standard InChI is InChI=1S/C18H23NO2/c1-3-21-18-10-6-15(7-11-18)13-16(19)12-14-4-8-17(20-2)9-5-14/h4-11,16H,3,12-13,19H2,1-2H3. The largest absolute Gasteiger partial charge is 0.497 e. The molecule has 2 aromatic rings. The number of ether oxygens (including phenoxy) is 2. The summed E-state index contributed by atoms with van der Waals surface area (Å²) in [6.45, 7) is 2.68. The van der Waals surface area contributed by atoms with Crippen molar-refractivity contribution >= 4 is 0 Å². The van der Waals surface area contributed by atoms with E-state index in [1.807, 2.05) is 31.2 Å². The number of benzene rings is 2. The van der Waals surface area contributed by atoms with Crippen LogP contribution in [0.5, 0.6) is 11.5 Å². The Hall–Kier alpha value is -2.00. The number of methoxy groups -OCH3 is 1. The Bertz CT molecular complexity index is 534. The van der Waals surface area contributed by atoms with Gasteiger partial charge >= 0.3 is 0 Å². The molecule has 0 amide bonds. The lowest BCUT2D eigenvalue weighted by molar-refractivity contribution is 0.340. The lowest BCUT2D eigenvalue weighted by atomic mass is 10.00. The molecule has 1 unspecified atom stereocenters. The molecule has 2 aromatic carbocycles. The number of hydrogen-bond acceptors (Lipinski definition) is 3. The van der Waals surface area contributed by atoms with Gasteiger partial charge in [0.25, 0.3) is 0 Å². The van der Waals surface area contributed by atoms with Crippen molar-refractivity contribution < 1.29 is 9.47 Å². The Morgan fingerprint density at radius 2 is 1.33 bits per heavy atom. The molecule has 0 bridgehead atoms. The number of hydrogen-bond donors (Lipinski definition) is 1. The second kappa shape index (κ2) is 7.70. The second-order valence-electron chi connectivity index (χ2n) is 5.09. The van der Waals surface area contributed by atoms with Crippen molar-refractivity contribution in [3.8, 4) is 11.5 Å². The predicted octanol–water partition coefficient (Wildman–Crippen LogP) is 3.21. The molecule has 0 aliphatic rings. The van der Waals surface area contributed by atoms with Crippen LogP contribution in [0.25, 0.3) is 0 Å². The average molecular weight is 285 g/mol. The van der Waals surface area contributed by atoms with Crippen molar-refractivity contribution in [1.29, 1.82) is 0 Å². The first-order chi connectivity index (χ1) is 10.2. The molecule has 0 saturated heterocycles. The van der Waals surface area contributed by atoms with Gasteiger partial charge in [-0.25, -0.2) is 0 Å². The molecule has 0 fully saturated rings. The van der Waals surface area contributed by atoms with Gasteiger partial charge in [-0.3, -0.25) is 0 Å². The van der Waals surface area contributed by atoms with Gasteiger partial charge in [0.15, 0.2) is 0 Å². The van der Waals surface area contributed by atoms with Crippen LogP contribution in [0.4, 0.5) is 0 Å². The van der Waals surface area contributed by atoms with Gasteiger partial charge < -0.3 is 15.2 Å². The summed E-state index contributed by atoms with van der Waals surface area (Å²) in [6.07, 6.45) is 1.72. The van der Waals surface area contributed by atoms with Gasteiger partial charge in [-0.05, 0) is 55.2 Å². The van der Waals surface area contributed by atoms with Crippen LogP contribution >= 0.6 is 0 Å². The van der Waals surface area contributed by atoms with Crippen LogP contribution in [0.15, 0.2) is 48.5 Å². The minimum Gasteiger partial charge on any atom is -0.497 e. The summed E-state index contributed by atoms with van der Waals surface area (Å²) >= 11 is 0. The highest BCUT2D eigenvalue weighted by atomic mass is 16.5. The zero-order chi connectivity index (χ0) is 15.1. The zero-order valence-corrected chi connectivity index (χ0v) is 12.7. The molecule has 0 aromatic heterocycles. The number of nitrogens with two attached hydrogens (primary N) is 1. The maximum atomic E-state index is 6.24. The van der Waals surface area contributed by atoms with E-state index in [2.05, 4.69) is 24.3 Å². The summed E-state index contributed by atoms with van der Waals surface area (Å²) in [7, 11) is 1.67. The van der Waals surface area contributed by atoms with E-state index < -0.39 is 0 Å². The third-order valence-corrected chi connectivity index (χ3v) is 3.39. The van der Waals surface area contributed by atoms with Gasteiger partial charge in [-0.2, -0.15) is 0 Å². The molecule has 3 heteroatoms. The fourth-order valence-electron chi connectivity index (χ4n) is 2.33. The van der Waals surface area contributed by atoms with Gasteiger partial charge in [0.05, 0.1) is 13.7 Å². The van der Waals surface area contributed by atoms with Crippen molar-refractivity contribution in [1.82, 2.24) is 0 Å². The summed E-state index contributed by atoms with van der Waals surface area (Å²) in [6, 6.07) is 16.3. The van der Waals surface area contributed by atoms with Gasteiger partial charge in [-0.15, -0.1) is 0 Å². The molecule has 2 N–H and O–H groups in total. The highest BCUT2D eigenvalue weighted by Crippen LogP contribution is 2.16. The van der Waals surface area contributed by atoms with E-state index in [4.69, 9.17) is 15.2 Å². The van der Waals surface area contributed by atoms with Crippen LogP contribution in [-0.4, -0.2) is 19.8 Å². The average Bonchev–Trinajstić information content (AvgIpc) is 2.50. The SMILES string of the molecule is CCOc1ccc(CC(N)Cc2ccc(OC)cc2)cc1. The minimum atomic E-state index is 0.108. The zero-order valence-electron chi connectivity index (χ0n) is 12.7. The summed E-state index contributed by atoms with van der Waals surface area (Å²) in [4.78, 5) is 0. The fourth-order valence-corrected chi connectivity index (χ4v) is 2.33. The van der Waals surface area contributed by atoms with Gasteiger partial charge in [-0.1, -0.05) is 24.3 Å². The smallest absolute Gasteiger partial charge is 0.119 e. The first kappa shape index (κ1) is 15.4. The quantitative estimate of drug-likeness (QED) is 0.849. The van der Waals surface area contributed by atoms with Crippen molar-refractivity contribution in [3.05, 3.63) is 59.7 Å². The van der Waals surface area contributed by atoms with Crippen LogP contribution in [-0.2, 0) is 12.8 Å². The van der Waals surface area contributed by atoms with Gasteiger partial charge in [0, 0.05) is 6.04 Å². The van der Waals surface area contributed by atoms with E-state index in [1.54, 1.807) is 7.11 Å². The molecular formula is C18H23NO2. The maximum Gasteiger partial charge on any atom is 0.119 e. The topological polar surface area (TPSA) is 44.5 Å². The molecule has 3 nitrogen and oxygen atoms in total. The van der Waals surface area contributed by atoms with Crippen LogP contribution in [0.3, 0.4) is 0 Å². The Kier molecular flexibility index (Phi) is 5.64. The lowest BCUT2D eigenvalue weighted by Crippen LogP contribution is -2.25. The van der Waals surface area contributed by atoms with Crippen LogP contribution in [0.1, 0.15) is 18.1 Å². The Morgan fingerprint density at radius 3 is 1.76 bits per heavy atom. The molecule has 2 rings (SSSR count). The monoisotopic (exact) mass is 285 g/mol. The van der Waals surface area contributed by atoms with E-state index in [0.29, 0.717) is 6.61 Å². The molecule has 0 heterocycles. The summed E-state index contributed by atoms with van der Waals surface area (Å²) in [5.74, 6) is 1.78. The van der Waals surface area contributed by atoms with Gasteiger partial charge in [0.1, 0.15) is 11.5 Å². The second-order valence-corrected chi connectivity index (χ2v) is 5.09. The van der Waals surface area contributed by atoms with Crippen LogP contribution in [0, 0.1) is 0 Å². The minimum absolute atomic E-state index is 0.108. The summed E-state index contributed by atoms with van der Waals surface area (Å²) in [5, 5.41) is 0. The van der Waals surface area contributed by atoms with E-state index in [-0.39, 0.29) is 6.04 Å². The molecule has 0 spiro atoms. The van der Waals surface area contributed by atoms with Crippen molar-refractivity contribution in [2.45, 2.75) is 25.8 Å². The molecule has 0 aliphatic carbocycles. The molecule has 0 radical (unpaired) electrons. The number of rotatable bonds is 7. The third kappa shape index (κ3) is 4.80. The molecule has 112 valence electrons. The highest BCUT2D eigenvalue weighted by Gasteiger charge is 2.06. The van der Waals surface area contributed by atoms with E-state index in [1.165, 1.54) is 11.1 Å². The van der Waals surface area contributed by atoms with Crippen molar-refractivity contribution in [2.24, 2.45) is 5.73 Å². The van der Waals surface area contributed by atoms with E-state index >= 15 is 0 Å².